The van der Waals surface area contributed by atoms with Crippen LogP contribution in [0.15, 0.2) is 23.2 Å². The summed E-state index contributed by atoms with van der Waals surface area (Å²) in [6, 6.07) is 5.20. The molecule has 0 fully saturated rings. The fourth-order valence-electron chi connectivity index (χ4n) is 1.99. The van der Waals surface area contributed by atoms with Crippen molar-refractivity contribution in [2.24, 2.45) is 4.99 Å². The molecule has 1 aromatic carbocycles. The second-order valence-corrected chi connectivity index (χ2v) is 4.85. The number of methoxy groups -OCH3 is 1. The molecule has 2 rings (SSSR count). The molecule has 1 unspecified atom stereocenters. The Hall–Kier alpha value is -1.46. The normalized spacial score (nSPS) is 16.2. The molecule has 1 aliphatic heterocycles. The molecule has 1 heterocycles. The SMILES string of the molecule is COc1ccc(Cl)cc1C(O)CNC1=NCCN1C. The van der Waals surface area contributed by atoms with Crippen molar-refractivity contribution in [3.63, 3.8) is 0 Å². The number of hydrogen-bond donors (Lipinski definition) is 2. The Morgan fingerprint density at radius 3 is 3.00 bits per heavy atom. The molecule has 1 atom stereocenters. The first-order chi connectivity index (χ1) is 9.11. The molecule has 104 valence electrons. The zero-order valence-corrected chi connectivity index (χ0v) is 11.8. The van der Waals surface area contributed by atoms with Gasteiger partial charge in [0.2, 0.25) is 0 Å². The van der Waals surface area contributed by atoms with E-state index in [0.29, 0.717) is 22.9 Å². The first-order valence-corrected chi connectivity index (χ1v) is 6.50. The summed E-state index contributed by atoms with van der Waals surface area (Å²) < 4.78 is 5.23. The molecular weight excluding hydrogens is 266 g/mol. The number of guanidine groups is 1. The van der Waals surface area contributed by atoms with Gasteiger partial charge < -0.3 is 20.1 Å². The van der Waals surface area contributed by atoms with Gasteiger partial charge in [-0.25, -0.2) is 0 Å². The molecule has 0 aromatic heterocycles. The third kappa shape index (κ3) is 3.30. The molecule has 0 amide bonds. The van der Waals surface area contributed by atoms with Gasteiger partial charge in [-0.05, 0) is 18.2 Å². The van der Waals surface area contributed by atoms with Gasteiger partial charge in [0, 0.05) is 30.7 Å². The lowest BCUT2D eigenvalue weighted by Crippen LogP contribution is -2.37. The van der Waals surface area contributed by atoms with Crippen LogP contribution in [0, 0.1) is 0 Å². The molecular formula is C13H18ClN3O2. The Balaban J connectivity index is 2.03. The van der Waals surface area contributed by atoms with E-state index >= 15 is 0 Å². The number of aliphatic imine (C=N–C) groups is 1. The highest BCUT2D eigenvalue weighted by molar-refractivity contribution is 6.30. The molecule has 0 spiro atoms. The molecule has 0 radical (unpaired) electrons. The Bertz CT molecular complexity index is 479. The van der Waals surface area contributed by atoms with E-state index in [-0.39, 0.29) is 0 Å². The zero-order chi connectivity index (χ0) is 13.8. The minimum Gasteiger partial charge on any atom is -0.496 e. The van der Waals surface area contributed by atoms with E-state index in [1.54, 1.807) is 25.3 Å². The number of benzene rings is 1. The van der Waals surface area contributed by atoms with Crippen LogP contribution in [0.3, 0.4) is 0 Å². The van der Waals surface area contributed by atoms with Crippen LogP contribution in [0.1, 0.15) is 11.7 Å². The van der Waals surface area contributed by atoms with Crippen molar-refractivity contribution < 1.29 is 9.84 Å². The Morgan fingerprint density at radius 2 is 2.37 bits per heavy atom. The molecule has 1 aliphatic rings. The Labute approximate surface area is 117 Å². The van der Waals surface area contributed by atoms with E-state index in [0.717, 1.165) is 19.0 Å². The average Bonchev–Trinajstić information content (AvgIpc) is 2.81. The summed E-state index contributed by atoms with van der Waals surface area (Å²) in [7, 11) is 3.53. The molecule has 6 heteroatoms. The van der Waals surface area contributed by atoms with Crippen LogP contribution in [-0.4, -0.2) is 49.8 Å². The number of rotatable bonds is 4. The van der Waals surface area contributed by atoms with Crippen LogP contribution in [0.2, 0.25) is 5.02 Å². The first kappa shape index (κ1) is 14.0. The van der Waals surface area contributed by atoms with Crippen LogP contribution >= 0.6 is 11.6 Å². The number of aliphatic hydroxyl groups excluding tert-OH is 1. The van der Waals surface area contributed by atoms with Crippen LogP contribution in [0.5, 0.6) is 5.75 Å². The topological polar surface area (TPSA) is 57.1 Å². The summed E-state index contributed by atoms with van der Waals surface area (Å²) >= 11 is 5.95. The largest absolute Gasteiger partial charge is 0.496 e. The van der Waals surface area contributed by atoms with Crippen molar-refractivity contribution in [3.8, 4) is 5.75 Å². The third-order valence-electron chi connectivity index (χ3n) is 3.06. The summed E-state index contributed by atoms with van der Waals surface area (Å²) in [6.45, 7) is 2.05. The van der Waals surface area contributed by atoms with Gasteiger partial charge in [0.1, 0.15) is 5.75 Å². The van der Waals surface area contributed by atoms with Crippen molar-refractivity contribution in [2.45, 2.75) is 6.10 Å². The highest BCUT2D eigenvalue weighted by Gasteiger charge is 2.17. The predicted octanol–water partition coefficient (Wildman–Crippen LogP) is 1.27. The maximum absolute atomic E-state index is 10.2. The van der Waals surface area contributed by atoms with Gasteiger partial charge in [0.05, 0.1) is 19.8 Å². The van der Waals surface area contributed by atoms with E-state index in [1.807, 2.05) is 11.9 Å². The minimum atomic E-state index is -0.703. The molecule has 19 heavy (non-hydrogen) atoms. The van der Waals surface area contributed by atoms with Gasteiger partial charge in [0.15, 0.2) is 5.96 Å². The first-order valence-electron chi connectivity index (χ1n) is 6.12. The average molecular weight is 284 g/mol. The summed E-state index contributed by atoms with van der Waals surface area (Å²) in [5.74, 6) is 1.43. The van der Waals surface area contributed by atoms with Crippen molar-refractivity contribution in [2.75, 3.05) is 33.8 Å². The minimum absolute atomic E-state index is 0.361. The molecule has 1 aromatic rings. The highest BCUT2D eigenvalue weighted by atomic mass is 35.5. The van der Waals surface area contributed by atoms with Gasteiger partial charge in [-0.2, -0.15) is 0 Å². The molecule has 0 bridgehead atoms. The summed E-state index contributed by atoms with van der Waals surface area (Å²) in [5.41, 5.74) is 0.670. The van der Waals surface area contributed by atoms with Gasteiger partial charge >= 0.3 is 0 Å². The standard InChI is InChI=1S/C13H18ClN3O2/c1-17-6-5-15-13(17)16-8-11(18)10-7-9(14)3-4-12(10)19-2/h3-4,7,11,18H,5-6,8H2,1-2H3,(H,15,16). The van der Waals surface area contributed by atoms with Gasteiger partial charge in [0.25, 0.3) is 0 Å². The van der Waals surface area contributed by atoms with E-state index < -0.39 is 6.10 Å². The zero-order valence-electron chi connectivity index (χ0n) is 11.1. The fourth-order valence-corrected chi connectivity index (χ4v) is 2.17. The van der Waals surface area contributed by atoms with Gasteiger partial charge in [-0.15, -0.1) is 0 Å². The van der Waals surface area contributed by atoms with E-state index in [2.05, 4.69) is 10.3 Å². The maximum Gasteiger partial charge on any atom is 0.193 e. The number of ether oxygens (including phenoxy) is 1. The van der Waals surface area contributed by atoms with Crippen molar-refractivity contribution in [1.82, 2.24) is 10.2 Å². The maximum atomic E-state index is 10.2. The Morgan fingerprint density at radius 1 is 1.58 bits per heavy atom. The highest BCUT2D eigenvalue weighted by Crippen LogP contribution is 2.27. The molecule has 5 nitrogen and oxygen atoms in total. The van der Waals surface area contributed by atoms with Gasteiger partial charge in [-0.3, -0.25) is 4.99 Å². The van der Waals surface area contributed by atoms with Crippen molar-refractivity contribution in [3.05, 3.63) is 28.8 Å². The predicted molar refractivity (Wildman–Crippen MR) is 75.9 cm³/mol. The number of nitrogens with zero attached hydrogens (tertiary/aromatic N) is 2. The third-order valence-corrected chi connectivity index (χ3v) is 3.30. The molecule has 2 N–H and O–H groups in total. The monoisotopic (exact) mass is 283 g/mol. The number of hydrogen-bond acceptors (Lipinski definition) is 5. The molecule has 0 aliphatic carbocycles. The summed E-state index contributed by atoms with van der Waals surface area (Å²) in [5, 5.41) is 13.9. The van der Waals surface area contributed by atoms with Crippen LogP contribution in [0.25, 0.3) is 0 Å². The van der Waals surface area contributed by atoms with E-state index in [9.17, 15) is 5.11 Å². The summed E-state index contributed by atoms with van der Waals surface area (Å²) in [4.78, 5) is 6.32. The number of likely N-dealkylation sites (N-methyl/N-ethyl adjacent to an activating group) is 1. The lowest BCUT2D eigenvalue weighted by molar-refractivity contribution is 0.175. The fraction of sp³-hybridized carbons (Fsp3) is 0.462. The second-order valence-electron chi connectivity index (χ2n) is 4.41. The quantitative estimate of drug-likeness (QED) is 0.874. The van der Waals surface area contributed by atoms with E-state index in [4.69, 9.17) is 16.3 Å². The molecule has 0 saturated carbocycles. The van der Waals surface area contributed by atoms with Gasteiger partial charge in [-0.1, -0.05) is 11.6 Å². The van der Waals surface area contributed by atoms with Crippen molar-refractivity contribution in [1.29, 1.82) is 0 Å². The molecule has 0 saturated heterocycles. The lowest BCUT2D eigenvalue weighted by Gasteiger charge is -2.19. The smallest absolute Gasteiger partial charge is 0.193 e. The Kier molecular flexibility index (Phi) is 4.50. The lowest BCUT2D eigenvalue weighted by atomic mass is 10.1. The van der Waals surface area contributed by atoms with Crippen LogP contribution < -0.4 is 10.1 Å². The number of halogens is 1. The number of nitrogens with one attached hydrogen (secondary N) is 1. The number of aliphatic hydroxyl groups is 1. The van der Waals surface area contributed by atoms with Crippen LogP contribution in [0.4, 0.5) is 0 Å². The summed E-state index contributed by atoms with van der Waals surface area (Å²) in [6.07, 6.45) is -0.703. The van der Waals surface area contributed by atoms with E-state index in [1.165, 1.54) is 0 Å². The van der Waals surface area contributed by atoms with Crippen LogP contribution in [-0.2, 0) is 0 Å². The van der Waals surface area contributed by atoms with Crippen molar-refractivity contribution >= 4 is 17.6 Å². The second kappa shape index (κ2) is 6.12.